The smallest absolute Gasteiger partial charge is 0.0914 e. The van der Waals surface area contributed by atoms with Crippen LogP contribution in [-0.4, -0.2) is 25.9 Å². The van der Waals surface area contributed by atoms with Gasteiger partial charge >= 0.3 is 0 Å². The number of nitrogens with two attached hydrogens (primary N) is 1. The van der Waals surface area contributed by atoms with Gasteiger partial charge in [-0.05, 0) is 18.1 Å². The molecule has 1 unspecified atom stereocenters. The summed E-state index contributed by atoms with van der Waals surface area (Å²) in [6, 6.07) is 8.17. The van der Waals surface area contributed by atoms with Gasteiger partial charge < -0.3 is 15.2 Å². The maximum atomic E-state index is 6.44. The normalized spacial score (nSPS) is 21.1. The number of benzene rings is 1. The van der Waals surface area contributed by atoms with Gasteiger partial charge in [0.05, 0.1) is 11.6 Å². The molecule has 3 nitrogen and oxygen atoms in total. The molecule has 0 amide bonds. The number of rotatable bonds is 3. The molecule has 0 aromatic heterocycles. The minimum atomic E-state index is -0.273. The van der Waals surface area contributed by atoms with Crippen molar-refractivity contribution in [2.45, 2.75) is 31.4 Å². The number of ether oxygens (including phenoxy) is 2. The summed E-state index contributed by atoms with van der Waals surface area (Å²) in [6.07, 6.45) is 1.72. The summed E-state index contributed by atoms with van der Waals surface area (Å²) in [6.45, 7) is 3.55. The topological polar surface area (TPSA) is 44.5 Å². The molecule has 0 spiro atoms. The van der Waals surface area contributed by atoms with Gasteiger partial charge in [-0.15, -0.1) is 0 Å². The maximum absolute atomic E-state index is 6.44. The fourth-order valence-electron chi connectivity index (χ4n) is 2.58. The molecule has 0 radical (unpaired) electrons. The Labute approximate surface area is 103 Å². The molecule has 1 heterocycles. The van der Waals surface area contributed by atoms with Gasteiger partial charge in [0, 0.05) is 33.2 Å². The van der Waals surface area contributed by atoms with Gasteiger partial charge in [0.25, 0.3) is 0 Å². The SMILES string of the molecule is COC1(C(N)c2ccccc2C)CCOCC1. The van der Waals surface area contributed by atoms with Gasteiger partial charge in [0.2, 0.25) is 0 Å². The van der Waals surface area contributed by atoms with Gasteiger partial charge in [-0.2, -0.15) is 0 Å². The fourth-order valence-corrected chi connectivity index (χ4v) is 2.58. The number of hydrogen-bond donors (Lipinski definition) is 1. The highest BCUT2D eigenvalue weighted by Crippen LogP contribution is 2.36. The van der Waals surface area contributed by atoms with Crippen LogP contribution in [0.2, 0.25) is 0 Å². The van der Waals surface area contributed by atoms with Crippen molar-refractivity contribution >= 4 is 0 Å². The van der Waals surface area contributed by atoms with Crippen molar-refractivity contribution in [3.05, 3.63) is 35.4 Å². The summed E-state index contributed by atoms with van der Waals surface area (Å²) in [5, 5.41) is 0. The predicted molar refractivity (Wildman–Crippen MR) is 67.9 cm³/mol. The largest absolute Gasteiger partial charge is 0.381 e. The van der Waals surface area contributed by atoms with E-state index >= 15 is 0 Å². The third-order valence-corrected chi connectivity index (χ3v) is 3.84. The first-order valence-electron chi connectivity index (χ1n) is 6.13. The van der Waals surface area contributed by atoms with E-state index in [1.165, 1.54) is 11.1 Å². The Morgan fingerprint density at radius 1 is 1.29 bits per heavy atom. The Bertz CT molecular complexity index is 372. The van der Waals surface area contributed by atoms with E-state index in [2.05, 4.69) is 19.1 Å². The lowest BCUT2D eigenvalue weighted by Crippen LogP contribution is -2.47. The lowest BCUT2D eigenvalue weighted by molar-refractivity contribution is -0.105. The standard InChI is InChI=1S/C14H21NO2/c1-11-5-3-4-6-12(11)13(15)14(16-2)7-9-17-10-8-14/h3-6,13H,7-10,15H2,1-2H3. The summed E-state index contributed by atoms with van der Waals surface area (Å²) in [4.78, 5) is 0. The number of methoxy groups -OCH3 is 1. The number of aryl methyl sites for hydroxylation is 1. The highest BCUT2D eigenvalue weighted by molar-refractivity contribution is 5.30. The molecule has 1 aromatic carbocycles. The van der Waals surface area contributed by atoms with Gasteiger partial charge in [-0.3, -0.25) is 0 Å². The molecule has 0 aliphatic carbocycles. The summed E-state index contributed by atoms with van der Waals surface area (Å²) in [5.74, 6) is 0. The van der Waals surface area contributed by atoms with Crippen LogP contribution >= 0.6 is 0 Å². The average molecular weight is 235 g/mol. The first kappa shape index (κ1) is 12.6. The van der Waals surface area contributed by atoms with E-state index in [1.54, 1.807) is 7.11 Å². The van der Waals surface area contributed by atoms with Crippen molar-refractivity contribution in [2.24, 2.45) is 5.73 Å². The molecule has 17 heavy (non-hydrogen) atoms. The van der Waals surface area contributed by atoms with Crippen molar-refractivity contribution in [2.75, 3.05) is 20.3 Å². The molecule has 1 aromatic rings. The second kappa shape index (κ2) is 5.17. The van der Waals surface area contributed by atoms with E-state index in [1.807, 2.05) is 12.1 Å². The van der Waals surface area contributed by atoms with E-state index in [9.17, 15) is 0 Å². The number of hydrogen-bond acceptors (Lipinski definition) is 3. The Kier molecular flexibility index (Phi) is 3.82. The quantitative estimate of drug-likeness (QED) is 0.873. The molecule has 1 fully saturated rings. The van der Waals surface area contributed by atoms with Crippen LogP contribution in [0, 0.1) is 6.92 Å². The molecular formula is C14H21NO2. The highest BCUT2D eigenvalue weighted by Gasteiger charge is 2.39. The van der Waals surface area contributed by atoms with Gasteiger partial charge in [0.1, 0.15) is 0 Å². The minimum Gasteiger partial charge on any atom is -0.381 e. The molecule has 1 aliphatic heterocycles. The van der Waals surface area contributed by atoms with Crippen molar-refractivity contribution in [1.82, 2.24) is 0 Å². The van der Waals surface area contributed by atoms with E-state index in [0.29, 0.717) is 0 Å². The summed E-state index contributed by atoms with van der Waals surface area (Å²) in [5.41, 5.74) is 8.56. The van der Waals surface area contributed by atoms with Gasteiger partial charge in [-0.25, -0.2) is 0 Å². The molecule has 2 N–H and O–H groups in total. The zero-order valence-electron chi connectivity index (χ0n) is 10.6. The first-order valence-corrected chi connectivity index (χ1v) is 6.13. The second-order valence-corrected chi connectivity index (χ2v) is 4.72. The lowest BCUT2D eigenvalue weighted by Gasteiger charge is -2.41. The second-order valence-electron chi connectivity index (χ2n) is 4.72. The van der Waals surface area contributed by atoms with Crippen molar-refractivity contribution in [3.8, 4) is 0 Å². The monoisotopic (exact) mass is 235 g/mol. The van der Waals surface area contributed by atoms with Crippen LogP contribution in [0.15, 0.2) is 24.3 Å². The average Bonchev–Trinajstić information content (AvgIpc) is 2.39. The predicted octanol–water partition coefficient (Wildman–Crippen LogP) is 2.19. The fraction of sp³-hybridized carbons (Fsp3) is 0.571. The zero-order valence-corrected chi connectivity index (χ0v) is 10.6. The van der Waals surface area contributed by atoms with E-state index in [4.69, 9.17) is 15.2 Å². The molecule has 2 rings (SSSR count). The summed E-state index contributed by atoms with van der Waals surface area (Å²) in [7, 11) is 1.75. The van der Waals surface area contributed by atoms with Gasteiger partial charge in [0.15, 0.2) is 0 Å². The van der Waals surface area contributed by atoms with Crippen LogP contribution in [0.3, 0.4) is 0 Å². The molecule has 0 bridgehead atoms. The zero-order chi connectivity index (χ0) is 12.3. The van der Waals surface area contributed by atoms with Crippen LogP contribution in [0.4, 0.5) is 0 Å². The summed E-state index contributed by atoms with van der Waals surface area (Å²) >= 11 is 0. The third-order valence-electron chi connectivity index (χ3n) is 3.84. The van der Waals surface area contributed by atoms with E-state index in [0.717, 1.165) is 26.1 Å². The molecule has 1 aliphatic rings. The van der Waals surface area contributed by atoms with Crippen molar-refractivity contribution < 1.29 is 9.47 Å². The molecule has 1 saturated heterocycles. The van der Waals surface area contributed by atoms with Crippen LogP contribution in [0.1, 0.15) is 30.0 Å². The lowest BCUT2D eigenvalue weighted by atomic mass is 9.81. The third kappa shape index (κ3) is 2.37. The Morgan fingerprint density at radius 2 is 1.94 bits per heavy atom. The van der Waals surface area contributed by atoms with Gasteiger partial charge in [-0.1, -0.05) is 24.3 Å². The Morgan fingerprint density at radius 3 is 2.53 bits per heavy atom. The van der Waals surface area contributed by atoms with Crippen LogP contribution in [0.25, 0.3) is 0 Å². The van der Waals surface area contributed by atoms with Crippen molar-refractivity contribution in [3.63, 3.8) is 0 Å². The van der Waals surface area contributed by atoms with Crippen LogP contribution in [0.5, 0.6) is 0 Å². The van der Waals surface area contributed by atoms with E-state index in [-0.39, 0.29) is 11.6 Å². The minimum absolute atomic E-state index is 0.0856. The molecule has 0 saturated carbocycles. The molecular weight excluding hydrogens is 214 g/mol. The molecule has 1 atom stereocenters. The Balaban J connectivity index is 2.28. The first-order chi connectivity index (χ1) is 8.19. The Hall–Kier alpha value is -0.900. The van der Waals surface area contributed by atoms with Crippen LogP contribution < -0.4 is 5.73 Å². The molecule has 3 heteroatoms. The van der Waals surface area contributed by atoms with E-state index < -0.39 is 0 Å². The maximum Gasteiger partial charge on any atom is 0.0914 e. The highest BCUT2D eigenvalue weighted by atomic mass is 16.5. The summed E-state index contributed by atoms with van der Waals surface area (Å²) < 4.78 is 11.2. The van der Waals surface area contributed by atoms with Crippen molar-refractivity contribution in [1.29, 1.82) is 0 Å². The molecule has 94 valence electrons. The van der Waals surface area contributed by atoms with Crippen LogP contribution in [-0.2, 0) is 9.47 Å².